The Labute approximate surface area is 111 Å². The fourth-order valence-corrected chi connectivity index (χ4v) is 1.84. The van der Waals surface area contributed by atoms with Gasteiger partial charge in [0.25, 0.3) is 0 Å². The van der Waals surface area contributed by atoms with Gasteiger partial charge in [-0.3, -0.25) is 0 Å². The zero-order chi connectivity index (χ0) is 13.7. The van der Waals surface area contributed by atoms with Crippen LogP contribution in [0, 0.1) is 0 Å². The molecule has 7 heteroatoms. The lowest BCUT2D eigenvalue weighted by Gasteiger charge is -2.32. The van der Waals surface area contributed by atoms with E-state index in [9.17, 15) is 0 Å². The molecule has 2 aromatic rings. The van der Waals surface area contributed by atoms with Gasteiger partial charge in [0.15, 0.2) is 0 Å². The van der Waals surface area contributed by atoms with Gasteiger partial charge in [-0.1, -0.05) is 0 Å². The predicted molar refractivity (Wildman–Crippen MR) is 69.3 cm³/mol. The van der Waals surface area contributed by atoms with Crippen molar-refractivity contribution in [1.29, 1.82) is 0 Å². The summed E-state index contributed by atoms with van der Waals surface area (Å²) >= 11 is 0. The molecule has 0 saturated carbocycles. The smallest absolute Gasteiger partial charge is 0.470 e. The highest BCUT2D eigenvalue weighted by atomic mass is 16.7. The SMILES string of the molecule is CC1(C)OB(c2cnn(-c3ccoc3)n2)OC1(C)C. The van der Waals surface area contributed by atoms with Crippen LogP contribution in [-0.4, -0.2) is 33.3 Å². The molecule has 0 radical (unpaired) electrons. The molecule has 3 rings (SSSR count). The average Bonchev–Trinajstić information content (AvgIpc) is 3.00. The summed E-state index contributed by atoms with van der Waals surface area (Å²) in [6.45, 7) is 8.03. The first-order valence-electron chi connectivity index (χ1n) is 6.19. The van der Waals surface area contributed by atoms with Crippen LogP contribution >= 0.6 is 0 Å². The third-order valence-corrected chi connectivity index (χ3v) is 3.74. The zero-order valence-electron chi connectivity index (χ0n) is 11.5. The Kier molecular flexibility index (Phi) is 2.58. The van der Waals surface area contributed by atoms with Crippen LogP contribution in [0.1, 0.15) is 27.7 Å². The Morgan fingerprint density at radius 3 is 2.42 bits per heavy atom. The summed E-state index contributed by atoms with van der Waals surface area (Å²) in [6, 6.07) is 1.79. The van der Waals surface area contributed by atoms with Crippen molar-refractivity contribution in [3.8, 4) is 5.69 Å². The van der Waals surface area contributed by atoms with Gasteiger partial charge in [0.05, 0.1) is 23.7 Å². The van der Waals surface area contributed by atoms with Gasteiger partial charge in [0.1, 0.15) is 17.5 Å². The van der Waals surface area contributed by atoms with Gasteiger partial charge in [-0.05, 0) is 27.7 Å². The molecule has 0 aromatic carbocycles. The van der Waals surface area contributed by atoms with Gasteiger partial charge in [-0.25, -0.2) is 0 Å². The fraction of sp³-hybridized carbons (Fsp3) is 0.500. The molecule has 1 fully saturated rings. The third-order valence-electron chi connectivity index (χ3n) is 3.74. The predicted octanol–water partition coefficient (Wildman–Crippen LogP) is 1.16. The Morgan fingerprint density at radius 2 is 1.84 bits per heavy atom. The minimum Gasteiger partial charge on any atom is -0.470 e. The van der Waals surface area contributed by atoms with E-state index >= 15 is 0 Å². The molecule has 0 amide bonds. The first-order valence-corrected chi connectivity index (χ1v) is 6.19. The summed E-state index contributed by atoms with van der Waals surface area (Å²) < 4.78 is 16.8. The minimum atomic E-state index is -0.495. The average molecular weight is 261 g/mol. The molecular formula is C12H16BN3O3. The fourth-order valence-electron chi connectivity index (χ4n) is 1.84. The van der Waals surface area contributed by atoms with Gasteiger partial charge >= 0.3 is 7.12 Å². The molecule has 100 valence electrons. The Morgan fingerprint density at radius 1 is 1.16 bits per heavy atom. The maximum Gasteiger partial charge on any atom is 0.518 e. The van der Waals surface area contributed by atoms with Crippen molar-refractivity contribution in [2.75, 3.05) is 0 Å². The van der Waals surface area contributed by atoms with Crippen LogP contribution < -0.4 is 5.59 Å². The molecule has 0 unspecified atom stereocenters. The standard InChI is InChI=1S/C12H16BN3O3/c1-11(2)12(3,4)19-13(18-11)10-7-14-16(15-10)9-5-6-17-8-9/h5-8H,1-4H3. The Hall–Kier alpha value is -1.60. The van der Waals surface area contributed by atoms with E-state index in [2.05, 4.69) is 10.2 Å². The molecule has 0 aliphatic carbocycles. The van der Waals surface area contributed by atoms with E-state index in [4.69, 9.17) is 13.7 Å². The minimum absolute atomic E-state index is 0.378. The highest BCUT2D eigenvalue weighted by molar-refractivity contribution is 6.61. The van der Waals surface area contributed by atoms with Crippen LogP contribution in [0.25, 0.3) is 5.69 Å². The number of rotatable bonds is 2. The second kappa shape index (κ2) is 3.95. The van der Waals surface area contributed by atoms with Crippen LogP contribution in [0.2, 0.25) is 0 Å². The van der Waals surface area contributed by atoms with Crippen molar-refractivity contribution in [3.63, 3.8) is 0 Å². The maximum atomic E-state index is 5.92. The van der Waals surface area contributed by atoms with Crippen LogP contribution in [0.5, 0.6) is 0 Å². The lowest BCUT2D eigenvalue weighted by molar-refractivity contribution is 0.00578. The molecule has 3 heterocycles. The number of furan rings is 1. The highest BCUT2D eigenvalue weighted by Gasteiger charge is 2.52. The lowest BCUT2D eigenvalue weighted by atomic mass is 9.86. The number of hydrogen-bond donors (Lipinski definition) is 0. The van der Waals surface area contributed by atoms with Gasteiger partial charge in [-0.2, -0.15) is 10.2 Å². The maximum absolute atomic E-state index is 5.92. The normalized spacial score (nSPS) is 20.9. The number of aromatic nitrogens is 3. The van der Waals surface area contributed by atoms with Crippen LogP contribution in [-0.2, 0) is 9.31 Å². The van der Waals surface area contributed by atoms with Crippen LogP contribution in [0.4, 0.5) is 0 Å². The Bertz CT molecular complexity index is 561. The second-order valence-electron chi connectivity index (χ2n) is 5.63. The van der Waals surface area contributed by atoms with E-state index in [0.29, 0.717) is 5.59 Å². The molecule has 19 heavy (non-hydrogen) atoms. The van der Waals surface area contributed by atoms with Crippen molar-refractivity contribution in [3.05, 3.63) is 24.8 Å². The number of hydrogen-bond acceptors (Lipinski definition) is 5. The second-order valence-corrected chi connectivity index (χ2v) is 5.63. The van der Waals surface area contributed by atoms with Crippen molar-refractivity contribution >= 4 is 12.7 Å². The quantitative estimate of drug-likeness (QED) is 0.759. The summed E-state index contributed by atoms with van der Waals surface area (Å²) in [5.41, 5.74) is 0.663. The molecular weight excluding hydrogens is 245 g/mol. The van der Waals surface area contributed by atoms with Crippen molar-refractivity contribution in [1.82, 2.24) is 15.0 Å². The van der Waals surface area contributed by atoms with E-state index in [1.807, 2.05) is 27.7 Å². The summed E-state index contributed by atoms with van der Waals surface area (Å²) in [7, 11) is -0.495. The molecule has 0 spiro atoms. The molecule has 0 atom stereocenters. The molecule has 1 aliphatic rings. The van der Waals surface area contributed by atoms with Crippen molar-refractivity contribution in [2.45, 2.75) is 38.9 Å². The summed E-state index contributed by atoms with van der Waals surface area (Å²) in [5.74, 6) is 0. The van der Waals surface area contributed by atoms with Crippen LogP contribution in [0.3, 0.4) is 0 Å². The highest BCUT2D eigenvalue weighted by Crippen LogP contribution is 2.36. The summed E-state index contributed by atoms with van der Waals surface area (Å²) in [5, 5.41) is 8.55. The topological polar surface area (TPSA) is 62.3 Å². The summed E-state index contributed by atoms with van der Waals surface area (Å²) in [6.07, 6.45) is 4.80. The van der Waals surface area contributed by atoms with Gasteiger partial charge in [0, 0.05) is 6.07 Å². The zero-order valence-corrected chi connectivity index (χ0v) is 11.5. The summed E-state index contributed by atoms with van der Waals surface area (Å²) in [4.78, 5) is 1.49. The molecule has 0 bridgehead atoms. The molecule has 2 aromatic heterocycles. The third kappa shape index (κ3) is 1.99. The van der Waals surface area contributed by atoms with E-state index < -0.39 is 7.12 Å². The van der Waals surface area contributed by atoms with E-state index in [0.717, 1.165) is 5.69 Å². The first kappa shape index (κ1) is 12.4. The van der Waals surface area contributed by atoms with Gasteiger partial charge in [0.2, 0.25) is 0 Å². The van der Waals surface area contributed by atoms with Gasteiger partial charge in [-0.15, -0.1) is 4.80 Å². The van der Waals surface area contributed by atoms with Crippen molar-refractivity contribution < 1.29 is 13.7 Å². The molecule has 1 aliphatic heterocycles. The van der Waals surface area contributed by atoms with Gasteiger partial charge < -0.3 is 13.7 Å². The Balaban J connectivity index is 1.85. The monoisotopic (exact) mass is 261 g/mol. The van der Waals surface area contributed by atoms with E-state index in [-0.39, 0.29) is 11.2 Å². The first-order chi connectivity index (χ1) is 8.89. The molecule has 0 N–H and O–H groups in total. The lowest BCUT2D eigenvalue weighted by Crippen LogP contribution is -2.41. The largest absolute Gasteiger partial charge is 0.518 e. The molecule has 1 saturated heterocycles. The molecule has 6 nitrogen and oxygen atoms in total. The van der Waals surface area contributed by atoms with Crippen LogP contribution in [0.15, 0.2) is 29.2 Å². The number of nitrogens with zero attached hydrogens (tertiary/aromatic N) is 3. The van der Waals surface area contributed by atoms with E-state index in [1.54, 1.807) is 24.8 Å². The van der Waals surface area contributed by atoms with Crippen molar-refractivity contribution in [2.24, 2.45) is 0 Å². The van der Waals surface area contributed by atoms with E-state index in [1.165, 1.54) is 4.80 Å².